The van der Waals surface area contributed by atoms with E-state index in [4.69, 9.17) is 10.2 Å². The fraction of sp³-hybridized carbons (Fsp3) is 0. The molecule has 0 spiro atoms. The summed E-state index contributed by atoms with van der Waals surface area (Å²) in [4.78, 5) is 20.9. The van der Waals surface area contributed by atoms with Gasteiger partial charge in [0.2, 0.25) is 0 Å². The SMILES string of the molecule is O=C(O)C=C(Nc1ccccc1F)C(=O)O. The molecule has 0 atom stereocenters. The predicted octanol–water partition coefficient (Wildman–Crippen LogP) is 1.29. The topological polar surface area (TPSA) is 86.6 Å². The van der Waals surface area contributed by atoms with Crippen molar-refractivity contribution in [1.82, 2.24) is 0 Å². The summed E-state index contributed by atoms with van der Waals surface area (Å²) in [5.74, 6) is -3.58. The molecule has 0 unspecified atom stereocenters. The summed E-state index contributed by atoms with van der Waals surface area (Å²) in [6, 6.07) is 5.35. The predicted molar refractivity (Wildman–Crippen MR) is 53.4 cm³/mol. The Balaban J connectivity index is 2.98. The lowest BCUT2D eigenvalue weighted by Gasteiger charge is -2.06. The number of benzene rings is 1. The number of nitrogens with one attached hydrogen (secondary N) is 1. The van der Waals surface area contributed by atoms with Gasteiger partial charge in [-0.25, -0.2) is 14.0 Å². The lowest BCUT2D eigenvalue weighted by molar-refractivity contribution is -0.134. The molecule has 3 N–H and O–H groups in total. The summed E-state index contributed by atoms with van der Waals surface area (Å²) in [7, 11) is 0. The number of anilines is 1. The van der Waals surface area contributed by atoms with E-state index in [9.17, 15) is 14.0 Å². The highest BCUT2D eigenvalue weighted by atomic mass is 19.1. The van der Waals surface area contributed by atoms with E-state index in [-0.39, 0.29) is 5.69 Å². The smallest absolute Gasteiger partial charge is 0.352 e. The molecule has 0 aliphatic heterocycles. The van der Waals surface area contributed by atoms with Gasteiger partial charge in [0, 0.05) is 0 Å². The first-order chi connectivity index (χ1) is 7.50. The van der Waals surface area contributed by atoms with Crippen molar-refractivity contribution in [1.29, 1.82) is 0 Å². The summed E-state index contributed by atoms with van der Waals surface area (Å²) in [5.41, 5.74) is -0.713. The Morgan fingerprint density at radius 2 is 1.88 bits per heavy atom. The minimum absolute atomic E-state index is 0.0996. The van der Waals surface area contributed by atoms with Crippen LogP contribution in [0, 0.1) is 5.82 Å². The van der Waals surface area contributed by atoms with E-state index in [2.05, 4.69) is 5.32 Å². The third-order valence-corrected chi connectivity index (χ3v) is 1.64. The van der Waals surface area contributed by atoms with Crippen molar-refractivity contribution in [2.75, 3.05) is 5.32 Å². The molecular weight excluding hydrogens is 217 g/mol. The summed E-state index contributed by atoms with van der Waals surface area (Å²) in [6.45, 7) is 0. The number of hydrogen-bond acceptors (Lipinski definition) is 3. The van der Waals surface area contributed by atoms with Crippen LogP contribution in [0.1, 0.15) is 0 Å². The van der Waals surface area contributed by atoms with E-state index >= 15 is 0 Å². The molecule has 6 heteroatoms. The van der Waals surface area contributed by atoms with Crippen molar-refractivity contribution in [3.05, 3.63) is 41.9 Å². The van der Waals surface area contributed by atoms with Crippen molar-refractivity contribution in [2.24, 2.45) is 0 Å². The van der Waals surface area contributed by atoms with E-state index in [1.807, 2.05) is 0 Å². The van der Waals surface area contributed by atoms with E-state index in [0.29, 0.717) is 6.08 Å². The third kappa shape index (κ3) is 3.09. The molecule has 84 valence electrons. The molecule has 0 amide bonds. The zero-order valence-corrected chi connectivity index (χ0v) is 7.98. The molecule has 1 aromatic rings. The van der Waals surface area contributed by atoms with Crippen LogP contribution in [0.25, 0.3) is 0 Å². The van der Waals surface area contributed by atoms with Crippen LogP contribution in [0.3, 0.4) is 0 Å². The molecule has 16 heavy (non-hydrogen) atoms. The second kappa shape index (κ2) is 4.92. The summed E-state index contributed by atoms with van der Waals surface area (Å²) < 4.78 is 13.1. The molecule has 0 fully saturated rings. The molecule has 0 saturated heterocycles. The minimum atomic E-state index is -1.48. The highest BCUT2D eigenvalue weighted by molar-refractivity contribution is 5.97. The normalized spacial score (nSPS) is 10.9. The lowest BCUT2D eigenvalue weighted by Crippen LogP contribution is -2.13. The van der Waals surface area contributed by atoms with E-state index in [1.165, 1.54) is 18.2 Å². The van der Waals surface area contributed by atoms with Crippen LogP contribution in [0.15, 0.2) is 36.0 Å². The summed E-state index contributed by atoms with van der Waals surface area (Å²) >= 11 is 0. The number of aliphatic carboxylic acids is 2. The molecule has 0 aliphatic carbocycles. The monoisotopic (exact) mass is 225 g/mol. The van der Waals surface area contributed by atoms with Gasteiger partial charge in [-0.2, -0.15) is 0 Å². The number of para-hydroxylation sites is 1. The Labute approximate surface area is 89.8 Å². The molecule has 0 radical (unpaired) electrons. The Hall–Kier alpha value is -2.37. The van der Waals surface area contributed by atoms with Crippen molar-refractivity contribution in [3.63, 3.8) is 0 Å². The average Bonchev–Trinajstić information content (AvgIpc) is 2.19. The van der Waals surface area contributed by atoms with Gasteiger partial charge in [0.25, 0.3) is 0 Å². The Morgan fingerprint density at radius 1 is 1.25 bits per heavy atom. The van der Waals surface area contributed by atoms with Gasteiger partial charge in [-0.15, -0.1) is 0 Å². The quantitative estimate of drug-likeness (QED) is 0.672. The van der Waals surface area contributed by atoms with Gasteiger partial charge >= 0.3 is 11.9 Å². The number of carboxylic acids is 2. The van der Waals surface area contributed by atoms with E-state index < -0.39 is 23.5 Å². The van der Waals surface area contributed by atoms with Gasteiger partial charge in [-0.1, -0.05) is 12.1 Å². The van der Waals surface area contributed by atoms with Crippen LogP contribution < -0.4 is 5.32 Å². The lowest BCUT2D eigenvalue weighted by atomic mass is 10.3. The van der Waals surface area contributed by atoms with Crippen LogP contribution >= 0.6 is 0 Å². The van der Waals surface area contributed by atoms with Gasteiger partial charge in [0.1, 0.15) is 11.5 Å². The van der Waals surface area contributed by atoms with Gasteiger partial charge < -0.3 is 15.5 Å². The van der Waals surface area contributed by atoms with Crippen molar-refractivity contribution in [2.45, 2.75) is 0 Å². The Morgan fingerprint density at radius 3 is 2.38 bits per heavy atom. The molecule has 0 heterocycles. The largest absolute Gasteiger partial charge is 0.478 e. The van der Waals surface area contributed by atoms with Gasteiger partial charge in [-0.05, 0) is 12.1 Å². The number of carboxylic acid groups (broad SMARTS) is 2. The minimum Gasteiger partial charge on any atom is -0.478 e. The second-order valence-corrected chi connectivity index (χ2v) is 2.81. The number of hydrogen-bond donors (Lipinski definition) is 3. The highest BCUT2D eigenvalue weighted by Gasteiger charge is 2.11. The van der Waals surface area contributed by atoms with Gasteiger partial charge in [0.05, 0.1) is 11.8 Å². The summed E-state index contributed by atoms with van der Waals surface area (Å²) in [5, 5.41) is 19.2. The molecule has 0 bridgehead atoms. The maximum absolute atomic E-state index is 13.1. The Kier molecular flexibility index (Phi) is 3.60. The fourth-order valence-corrected chi connectivity index (χ4v) is 0.982. The second-order valence-electron chi connectivity index (χ2n) is 2.81. The maximum Gasteiger partial charge on any atom is 0.352 e. The van der Waals surface area contributed by atoms with Crippen molar-refractivity contribution < 1.29 is 24.2 Å². The van der Waals surface area contributed by atoms with Crippen LogP contribution in [0.4, 0.5) is 10.1 Å². The molecule has 1 rings (SSSR count). The highest BCUT2D eigenvalue weighted by Crippen LogP contribution is 2.14. The van der Waals surface area contributed by atoms with Crippen molar-refractivity contribution >= 4 is 17.6 Å². The molecule has 0 saturated carbocycles. The standard InChI is InChI=1S/C10H8FNO4/c11-6-3-1-2-4-7(6)12-8(10(15)16)5-9(13)14/h1-5,12H,(H,13,14)(H,15,16). The number of halogens is 1. The molecule has 0 aliphatic rings. The van der Waals surface area contributed by atoms with Crippen LogP contribution in [-0.4, -0.2) is 22.2 Å². The Bertz CT molecular complexity index is 456. The average molecular weight is 225 g/mol. The van der Waals surface area contributed by atoms with Gasteiger partial charge in [-0.3, -0.25) is 0 Å². The van der Waals surface area contributed by atoms with E-state index in [1.54, 1.807) is 0 Å². The zero-order chi connectivity index (χ0) is 12.1. The maximum atomic E-state index is 13.1. The first-order valence-electron chi connectivity index (χ1n) is 4.20. The fourth-order valence-electron chi connectivity index (χ4n) is 0.982. The first-order valence-corrected chi connectivity index (χ1v) is 4.20. The number of rotatable bonds is 4. The first kappa shape index (κ1) is 11.7. The van der Waals surface area contributed by atoms with Crippen LogP contribution in [-0.2, 0) is 9.59 Å². The van der Waals surface area contributed by atoms with Crippen LogP contribution in [0.2, 0.25) is 0 Å². The van der Waals surface area contributed by atoms with E-state index in [0.717, 1.165) is 6.07 Å². The van der Waals surface area contributed by atoms with Crippen molar-refractivity contribution in [3.8, 4) is 0 Å². The number of carbonyl (C=O) groups is 2. The summed E-state index contributed by atoms with van der Waals surface area (Å²) in [6.07, 6.45) is 0.453. The van der Waals surface area contributed by atoms with Crippen LogP contribution in [0.5, 0.6) is 0 Å². The molecule has 5 nitrogen and oxygen atoms in total. The van der Waals surface area contributed by atoms with Gasteiger partial charge in [0.15, 0.2) is 0 Å². The molecule has 0 aromatic heterocycles. The molecule has 1 aromatic carbocycles. The zero-order valence-electron chi connectivity index (χ0n) is 7.98. The third-order valence-electron chi connectivity index (χ3n) is 1.64. The molecular formula is C10H8FNO4.